The fourth-order valence-corrected chi connectivity index (χ4v) is 2.58. The molecule has 3 heterocycles. The zero-order valence-electron chi connectivity index (χ0n) is 11.9. The van der Waals surface area contributed by atoms with Crippen molar-refractivity contribution < 1.29 is 4.79 Å². The predicted molar refractivity (Wildman–Crippen MR) is 79.7 cm³/mol. The van der Waals surface area contributed by atoms with Gasteiger partial charge in [-0.05, 0) is 19.8 Å². The van der Waals surface area contributed by atoms with Crippen LogP contribution in [0.15, 0.2) is 18.6 Å². The Hall–Kier alpha value is -2.35. The number of nitrogens with one attached hydrogen (secondary N) is 2. The average molecular weight is 289 g/mol. The second kappa shape index (κ2) is 5.57. The maximum absolute atomic E-state index is 12.3. The van der Waals surface area contributed by atoms with E-state index < -0.39 is 0 Å². The smallest absolute Gasteiger partial charge is 0.244 e. The zero-order valence-corrected chi connectivity index (χ0v) is 11.9. The van der Waals surface area contributed by atoms with E-state index >= 15 is 0 Å². The monoisotopic (exact) mass is 289 g/mol. The molecule has 21 heavy (non-hydrogen) atoms. The highest BCUT2D eigenvalue weighted by Crippen LogP contribution is 2.18. The second-order valence-electron chi connectivity index (χ2n) is 5.18. The molecule has 1 saturated heterocycles. The van der Waals surface area contributed by atoms with E-state index in [1.807, 2.05) is 11.8 Å². The first-order chi connectivity index (χ1) is 10.2. The molecule has 0 saturated carbocycles. The summed E-state index contributed by atoms with van der Waals surface area (Å²) in [6.07, 6.45) is 7.37. The van der Waals surface area contributed by atoms with Crippen molar-refractivity contribution in [2.24, 2.45) is 5.84 Å². The highest BCUT2D eigenvalue weighted by atomic mass is 16.2. The molecule has 1 aliphatic heterocycles. The number of hydrogen-bond donors (Lipinski definition) is 3. The van der Waals surface area contributed by atoms with Crippen molar-refractivity contribution >= 4 is 23.2 Å². The van der Waals surface area contributed by atoms with Crippen molar-refractivity contribution in [2.45, 2.75) is 25.8 Å². The molecule has 0 spiro atoms. The second-order valence-corrected chi connectivity index (χ2v) is 5.18. The lowest BCUT2D eigenvalue weighted by Crippen LogP contribution is -2.39. The summed E-state index contributed by atoms with van der Waals surface area (Å²) in [5, 5.41) is 3.14. The van der Waals surface area contributed by atoms with Gasteiger partial charge in [0.15, 0.2) is 17.3 Å². The third-order valence-corrected chi connectivity index (χ3v) is 3.66. The van der Waals surface area contributed by atoms with Gasteiger partial charge in [-0.2, -0.15) is 0 Å². The van der Waals surface area contributed by atoms with Crippen molar-refractivity contribution in [1.82, 2.24) is 19.3 Å². The fourth-order valence-electron chi connectivity index (χ4n) is 2.58. The van der Waals surface area contributed by atoms with Crippen molar-refractivity contribution in [2.75, 3.05) is 23.8 Å². The minimum atomic E-state index is -0.357. The molecule has 0 aromatic carbocycles. The predicted octanol–water partition coefficient (Wildman–Crippen LogP) is 0.438. The van der Waals surface area contributed by atoms with Crippen LogP contribution in [-0.4, -0.2) is 44.3 Å². The lowest BCUT2D eigenvalue weighted by molar-refractivity contribution is -0.130. The van der Waals surface area contributed by atoms with E-state index in [9.17, 15) is 4.79 Å². The number of carbonyl (C=O) groups is 1. The first-order valence-electron chi connectivity index (χ1n) is 7.04. The number of hydrazine groups is 1. The molecule has 8 heteroatoms. The van der Waals surface area contributed by atoms with Crippen LogP contribution in [-0.2, 0) is 4.79 Å². The molecule has 8 nitrogen and oxygen atoms in total. The molecule has 112 valence electrons. The molecule has 0 aliphatic carbocycles. The number of nitrogens with two attached hydrogens (primary N) is 1. The molecule has 4 N–H and O–H groups in total. The van der Waals surface area contributed by atoms with Crippen molar-refractivity contribution in [3.05, 3.63) is 18.6 Å². The normalized spacial score (nSPS) is 16.2. The Balaban J connectivity index is 1.83. The molecule has 1 aliphatic rings. The summed E-state index contributed by atoms with van der Waals surface area (Å²) in [7, 11) is 0. The summed E-state index contributed by atoms with van der Waals surface area (Å²) < 4.78 is 1.80. The number of fused-ring (bicyclic) bond motifs is 1. The van der Waals surface area contributed by atoms with E-state index in [2.05, 4.69) is 20.7 Å². The SMILES string of the molecule is CC(Nc1nc(NN)cn2ccnc12)C(=O)N1CCCC1. The largest absolute Gasteiger partial charge is 0.355 e. The van der Waals surface area contributed by atoms with Gasteiger partial charge in [0.2, 0.25) is 5.91 Å². The summed E-state index contributed by atoms with van der Waals surface area (Å²) in [5.74, 6) is 6.55. The minimum Gasteiger partial charge on any atom is -0.355 e. The lowest BCUT2D eigenvalue weighted by Gasteiger charge is -2.21. The van der Waals surface area contributed by atoms with Crippen molar-refractivity contribution in [3.8, 4) is 0 Å². The van der Waals surface area contributed by atoms with E-state index in [1.165, 1.54) is 0 Å². The molecular weight excluding hydrogens is 270 g/mol. The van der Waals surface area contributed by atoms with Gasteiger partial charge in [0.1, 0.15) is 6.04 Å². The number of imidazole rings is 1. The Bertz CT molecular complexity index is 647. The number of rotatable bonds is 4. The van der Waals surface area contributed by atoms with Crippen LogP contribution in [0.2, 0.25) is 0 Å². The van der Waals surface area contributed by atoms with Gasteiger partial charge in [-0.1, -0.05) is 0 Å². The highest BCUT2D eigenvalue weighted by Gasteiger charge is 2.24. The maximum Gasteiger partial charge on any atom is 0.244 e. The van der Waals surface area contributed by atoms with E-state index in [0.29, 0.717) is 17.3 Å². The van der Waals surface area contributed by atoms with Gasteiger partial charge in [0.25, 0.3) is 0 Å². The van der Waals surface area contributed by atoms with E-state index in [-0.39, 0.29) is 11.9 Å². The van der Waals surface area contributed by atoms with Gasteiger partial charge in [-0.25, -0.2) is 15.8 Å². The number of likely N-dealkylation sites (tertiary alicyclic amines) is 1. The molecular formula is C13H19N7O. The van der Waals surface area contributed by atoms with Gasteiger partial charge >= 0.3 is 0 Å². The Labute approximate surface area is 122 Å². The topological polar surface area (TPSA) is 101 Å². The van der Waals surface area contributed by atoms with Gasteiger partial charge in [-0.15, -0.1) is 0 Å². The quantitative estimate of drug-likeness (QED) is 0.558. The minimum absolute atomic E-state index is 0.0881. The Kier molecular flexibility index (Phi) is 3.61. The Morgan fingerprint density at radius 2 is 2.19 bits per heavy atom. The molecule has 0 radical (unpaired) electrons. The third kappa shape index (κ3) is 2.62. The summed E-state index contributed by atoms with van der Waals surface area (Å²) in [5.41, 5.74) is 3.17. The van der Waals surface area contributed by atoms with Crippen LogP contribution in [0, 0.1) is 0 Å². The summed E-state index contributed by atoms with van der Waals surface area (Å²) in [6, 6.07) is -0.357. The maximum atomic E-state index is 12.3. The van der Waals surface area contributed by atoms with E-state index in [1.54, 1.807) is 23.0 Å². The van der Waals surface area contributed by atoms with Crippen LogP contribution in [0.4, 0.5) is 11.6 Å². The van der Waals surface area contributed by atoms with Gasteiger partial charge in [0, 0.05) is 25.5 Å². The Morgan fingerprint density at radius 1 is 1.43 bits per heavy atom. The zero-order chi connectivity index (χ0) is 14.8. The molecule has 0 bridgehead atoms. The number of anilines is 2. The number of amides is 1. The number of aromatic nitrogens is 3. The van der Waals surface area contributed by atoms with Gasteiger partial charge < -0.3 is 20.0 Å². The van der Waals surface area contributed by atoms with Crippen molar-refractivity contribution in [3.63, 3.8) is 0 Å². The van der Waals surface area contributed by atoms with E-state index in [0.717, 1.165) is 25.9 Å². The van der Waals surface area contributed by atoms with Gasteiger partial charge in [0.05, 0.1) is 6.20 Å². The molecule has 2 aromatic heterocycles. The number of nitrogens with zero attached hydrogens (tertiary/aromatic N) is 4. The fraction of sp³-hybridized carbons (Fsp3) is 0.462. The van der Waals surface area contributed by atoms with Crippen LogP contribution in [0.3, 0.4) is 0 Å². The third-order valence-electron chi connectivity index (χ3n) is 3.66. The lowest BCUT2D eigenvalue weighted by atomic mass is 10.3. The molecule has 2 aromatic rings. The Morgan fingerprint density at radius 3 is 2.90 bits per heavy atom. The van der Waals surface area contributed by atoms with E-state index in [4.69, 9.17) is 5.84 Å². The van der Waals surface area contributed by atoms with Gasteiger partial charge in [-0.3, -0.25) is 4.79 Å². The van der Waals surface area contributed by atoms with Crippen LogP contribution in [0.1, 0.15) is 19.8 Å². The molecule has 3 rings (SSSR count). The molecule has 1 atom stereocenters. The summed E-state index contributed by atoms with van der Waals surface area (Å²) >= 11 is 0. The first kappa shape index (κ1) is 13.6. The highest BCUT2D eigenvalue weighted by molar-refractivity contribution is 5.85. The standard InChI is InChI=1S/C13H19N7O/c1-9(13(21)19-5-2-3-6-19)16-11-12-15-4-7-20(12)8-10(17-11)18-14/h4,7-9,18H,2-3,5-6,14H2,1H3,(H,16,17). The molecule has 1 amide bonds. The van der Waals surface area contributed by atoms with Crippen LogP contribution < -0.4 is 16.6 Å². The first-order valence-corrected chi connectivity index (χ1v) is 7.04. The van der Waals surface area contributed by atoms with Crippen LogP contribution in [0.25, 0.3) is 5.65 Å². The average Bonchev–Trinajstić information content (AvgIpc) is 3.17. The number of carbonyl (C=O) groups excluding carboxylic acids is 1. The van der Waals surface area contributed by atoms with Crippen LogP contribution in [0.5, 0.6) is 0 Å². The molecule has 1 unspecified atom stereocenters. The number of hydrogen-bond acceptors (Lipinski definition) is 6. The molecule has 1 fully saturated rings. The van der Waals surface area contributed by atoms with Crippen molar-refractivity contribution in [1.29, 1.82) is 0 Å². The van der Waals surface area contributed by atoms with Crippen LogP contribution >= 0.6 is 0 Å². The summed E-state index contributed by atoms with van der Waals surface area (Å²) in [6.45, 7) is 3.51. The number of nitrogen functional groups attached to an aromatic ring is 1. The summed E-state index contributed by atoms with van der Waals surface area (Å²) in [4.78, 5) is 22.8.